The van der Waals surface area contributed by atoms with Gasteiger partial charge in [-0.1, -0.05) is 0 Å². The maximum atomic E-state index is 14.6. The van der Waals surface area contributed by atoms with E-state index >= 15 is 0 Å². The molecule has 0 unspecified atom stereocenters. The number of pyridine rings is 1. The summed E-state index contributed by atoms with van der Waals surface area (Å²) in [4.78, 5) is 17.0. The van der Waals surface area contributed by atoms with E-state index in [1.54, 1.807) is 19.2 Å². The highest BCUT2D eigenvalue weighted by atomic mass is 19.1. The average molecular weight is 439 g/mol. The molecule has 0 amide bonds. The minimum Gasteiger partial charge on any atom is -0.404 e. The maximum Gasteiger partial charge on any atom is 0.297 e. The zero-order chi connectivity index (χ0) is 22.2. The Morgan fingerprint density at radius 2 is 2.03 bits per heavy atom. The monoisotopic (exact) mass is 439 g/mol. The van der Waals surface area contributed by atoms with Crippen LogP contribution in [-0.2, 0) is 4.74 Å². The first-order chi connectivity index (χ1) is 15.5. The van der Waals surface area contributed by atoms with Crippen molar-refractivity contribution in [1.29, 1.82) is 0 Å². The van der Waals surface area contributed by atoms with Gasteiger partial charge in [-0.2, -0.15) is 4.98 Å². The van der Waals surface area contributed by atoms with Gasteiger partial charge in [-0.25, -0.2) is 18.7 Å². The lowest BCUT2D eigenvalue weighted by Gasteiger charge is -2.10. The normalized spacial score (nSPS) is 14.8. The van der Waals surface area contributed by atoms with Crippen LogP contribution in [0.1, 0.15) is 37.9 Å². The summed E-state index contributed by atoms with van der Waals surface area (Å²) in [6, 6.07) is 7.57. The molecule has 1 aliphatic carbocycles. The number of halogens is 2. The van der Waals surface area contributed by atoms with Crippen molar-refractivity contribution in [2.24, 2.45) is 0 Å². The number of benzene rings is 1. The van der Waals surface area contributed by atoms with Crippen molar-refractivity contribution in [3.05, 3.63) is 47.8 Å². The zero-order valence-electron chi connectivity index (χ0n) is 17.8. The number of nitrogens with one attached hydrogen (secondary N) is 2. The molecule has 5 rings (SSSR count). The molecule has 3 heterocycles. The molecule has 1 atom stereocenters. The molecular formula is C23H23F2N5O2. The van der Waals surface area contributed by atoms with Crippen LogP contribution < -0.4 is 5.32 Å². The standard InChI is InChI=1S/C23H23F2N5O2/c1-12(9-10-31-2)26-23-28-18-8-7-17(27-22(18)32-23)20-19(29-21(30-20)13-3-4-13)15-6-5-14(24)11-16(15)25/h5-8,11-13H,3-4,9-10H2,1-2H3,(H,26,28)(H,29,30)/t12-/m0/s1. The van der Waals surface area contributed by atoms with Crippen molar-refractivity contribution in [2.75, 3.05) is 19.0 Å². The fourth-order valence-corrected chi connectivity index (χ4v) is 3.60. The Morgan fingerprint density at radius 3 is 2.78 bits per heavy atom. The van der Waals surface area contributed by atoms with Crippen molar-refractivity contribution in [3.63, 3.8) is 0 Å². The molecule has 0 spiro atoms. The van der Waals surface area contributed by atoms with E-state index in [-0.39, 0.29) is 11.6 Å². The van der Waals surface area contributed by atoms with E-state index in [2.05, 4.69) is 20.3 Å². The van der Waals surface area contributed by atoms with Crippen LogP contribution in [0.15, 0.2) is 34.7 Å². The number of imidazole rings is 1. The molecule has 1 fully saturated rings. The molecule has 1 aliphatic rings. The lowest BCUT2D eigenvalue weighted by Crippen LogP contribution is -2.17. The van der Waals surface area contributed by atoms with Gasteiger partial charge in [-0.15, -0.1) is 0 Å². The van der Waals surface area contributed by atoms with Gasteiger partial charge in [-0.05, 0) is 50.5 Å². The number of fused-ring (bicyclic) bond motifs is 1. The summed E-state index contributed by atoms with van der Waals surface area (Å²) in [5.41, 5.74) is 2.69. The molecule has 0 radical (unpaired) electrons. The van der Waals surface area contributed by atoms with Crippen molar-refractivity contribution in [1.82, 2.24) is 19.9 Å². The number of anilines is 1. The first-order valence-corrected chi connectivity index (χ1v) is 10.6. The summed E-state index contributed by atoms with van der Waals surface area (Å²) < 4.78 is 38.9. The summed E-state index contributed by atoms with van der Waals surface area (Å²) in [6.45, 7) is 2.64. The maximum absolute atomic E-state index is 14.6. The summed E-state index contributed by atoms with van der Waals surface area (Å²) in [6.07, 6.45) is 2.87. The van der Waals surface area contributed by atoms with E-state index < -0.39 is 11.6 Å². The Labute approximate surface area is 183 Å². The average Bonchev–Trinajstić information content (AvgIpc) is 3.40. The van der Waals surface area contributed by atoms with E-state index in [0.717, 1.165) is 31.2 Å². The number of H-pyrrole nitrogens is 1. The van der Waals surface area contributed by atoms with Crippen LogP contribution in [-0.4, -0.2) is 39.7 Å². The van der Waals surface area contributed by atoms with Crippen molar-refractivity contribution >= 4 is 17.2 Å². The predicted octanol–water partition coefficient (Wildman–Crippen LogP) is 5.27. The fourth-order valence-electron chi connectivity index (χ4n) is 3.60. The number of rotatable bonds is 8. The lowest BCUT2D eigenvalue weighted by molar-refractivity contribution is 0.191. The van der Waals surface area contributed by atoms with Crippen LogP contribution in [0.5, 0.6) is 0 Å². The van der Waals surface area contributed by atoms with Gasteiger partial charge in [0.1, 0.15) is 28.7 Å². The van der Waals surface area contributed by atoms with Gasteiger partial charge in [0, 0.05) is 37.3 Å². The highest BCUT2D eigenvalue weighted by Gasteiger charge is 2.29. The Kier molecular flexibility index (Phi) is 5.34. The summed E-state index contributed by atoms with van der Waals surface area (Å²) in [5, 5.41) is 3.20. The molecule has 0 bridgehead atoms. The zero-order valence-corrected chi connectivity index (χ0v) is 17.8. The molecular weight excluding hydrogens is 416 g/mol. The highest BCUT2D eigenvalue weighted by Crippen LogP contribution is 2.42. The number of aromatic nitrogens is 4. The number of oxazole rings is 1. The predicted molar refractivity (Wildman–Crippen MR) is 116 cm³/mol. The van der Waals surface area contributed by atoms with Crippen LogP contribution in [0.4, 0.5) is 14.8 Å². The fraction of sp³-hybridized carbons (Fsp3) is 0.348. The Hall–Kier alpha value is -3.33. The minimum absolute atomic E-state index is 0.114. The first-order valence-electron chi connectivity index (χ1n) is 10.6. The smallest absolute Gasteiger partial charge is 0.297 e. The summed E-state index contributed by atoms with van der Waals surface area (Å²) in [5.74, 6) is -0.179. The SMILES string of the molecule is COCC[C@H](C)Nc1nc2ccc(-c3nc(C4CC4)[nH]c3-c3ccc(F)cc3F)nc2o1. The number of nitrogens with zero attached hydrogens (tertiary/aromatic N) is 3. The molecule has 7 nitrogen and oxygen atoms in total. The van der Waals surface area contributed by atoms with Gasteiger partial charge < -0.3 is 19.5 Å². The highest BCUT2D eigenvalue weighted by molar-refractivity contribution is 5.81. The second-order valence-corrected chi connectivity index (χ2v) is 8.11. The molecule has 166 valence electrons. The van der Waals surface area contributed by atoms with Gasteiger partial charge in [0.15, 0.2) is 0 Å². The van der Waals surface area contributed by atoms with E-state index in [0.29, 0.717) is 46.9 Å². The third-order valence-corrected chi connectivity index (χ3v) is 5.51. The molecule has 4 aromatic rings. The lowest BCUT2D eigenvalue weighted by atomic mass is 10.1. The molecule has 2 N–H and O–H groups in total. The second-order valence-electron chi connectivity index (χ2n) is 8.11. The van der Waals surface area contributed by atoms with Crippen LogP contribution in [0, 0.1) is 11.6 Å². The van der Waals surface area contributed by atoms with Gasteiger partial charge >= 0.3 is 0 Å². The van der Waals surface area contributed by atoms with Crippen LogP contribution in [0.25, 0.3) is 33.9 Å². The molecule has 32 heavy (non-hydrogen) atoms. The number of hydrogen-bond donors (Lipinski definition) is 2. The number of aromatic amines is 1. The number of ether oxygens (including phenoxy) is 1. The number of methoxy groups -OCH3 is 1. The Bertz CT molecular complexity index is 1260. The third kappa shape index (κ3) is 4.08. The van der Waals surface area contributed by atoms with E-state index in [9.17, 15) is 8.78 Å². The van der Waals surface area contributed by atoms with E-state index in [4.69, 9.17) is 14.1 Å². The first kappa shape index (κ1) is 20.6. The molecule has 0 aliphatic heterocycles. The van der Waals surface area contributed by atoms with Crippen molar-refractivity contribution in [2.45, 2.75) is 38.1 Å². The summed E-state index contributed by atoms with van der Waals surface area (Å²) in [7, 11) is 1.66. The van der Waals surface area contributed by atoms with Crippen LogP contribution in [0.2, 0.25) is 0 Å². The largest absolute Gasteiger partial charge is 0.404 e. The van der Waals surface area contributed by atoms with Crippen molar-refractivity contribution in [3.8, 4) is 22.6 Å². The van der Waals surface area contributed by atoms with Crippen molar-refractivity contribution < 1.29 is 17.9 Å². The van der Waals surface area contributed by atoms with Crippen LogP contribution >= 0.6 is 0 Å². The molecule has 1 saturated carbocycles. The summed E-state index contributed by atoms with van der Waals surface area (Å²) >= 11 is 0. The minimum atomic E-state index is -0.658. The Morgan fingerprint density at radius 1 is 1.19 bits per heavy atom. The van der Waals surface area contributed by atoms with E-state index in [1.807, 2.05) is 6.92 Å². The second kappa shape index (κ2) is 8.31. The topological polar surface area (TPSA) is 88.9 Å². The molecule has 9 heteroatoms. The quantitative estimate of drug-likeness (QED) is 0.389. The van der Waals surface area contributed by atoms with Gasteiger partial charge in [0.2, 0.25) is 5.71 Å². The Balaban J connectivity index is 1.51. The molecule has 0 saturated heterocycles. The molecule has 3 aromatic heterocycles. The molecule has 1 aromatic carbocycles. The van der Waals surface area contributed by atoms with Gasteiger partial charge in [0.25, 0.3) is 6.01 Å². The van der Waals surface area contributed by atoms with E-state index in [1.165, 1.54) is 12.1 Å². The number of hydrogen-bond acceptors (Lipinski definition) is 6. The van der Waals surface area contributed by atoms with Gasteiger partial charge in [0.05, 0.1) is 11.4 Å². The third-order valence-electron chi connectivity index (χ3n) is 5.51. The van der Waals surface area contributed by atoms with Gasteiger partial charge in [-0.3, -0.25) is 0 Å². The van der Waals surface area contributed by atoms with Crippen LogP contribution in [0.3, 0.4) is 0 Å².